The Morgan fingerprint density at radius 3 is 2.68 bits per heavy atom. The van der Waals surface area contributed by atoms with Crippen molar-refractivity contribution in [3.63, 3.8) is 0 Å². The first-order valence-corrected chi connectivity index (χ1v) is 7.01. The summed E-state index contributed by atoms with van der Waals surface area (Å²) in [7, 11) is 0. The van der Waals surface area contributed by atoms with Crippen LogP contribution < -0.4 is 15.6 Å². The summed E-state index contributed by atoms with van der Waals surface area (Å²) < 4.78 is 18.1. The molecule has 5 nitrogen and oxygen atoms in total. The van der Waals surface area contributed by atoms with Gasteiger partial charge in [0.1, 0.15) is 17.1 Å². The second kappa shape index (κ2) is 7.97. The minimum Gasteiger partial charge on any atom is -0.494 e. The average molecular weight is 304 g/mol. The fourth-order valence-corrected chi connectivity index (χ4v) is 1.85. The number of rotatable bonds is 7. The zero-order chi connectivity index (χ0) is 15.8. The van der Waals surface area contributed by atoms with Crippen molar-refractivity contribution in [1.82, 2.24) is 10.3 Å². The lowest BCUT2D eigenvalue weighted by atomic mass is 10.2. The Labute approximate surface area is 127 Å². The number of unbranched alkanes of at least 4 members (excludes halogenated alkanes) is 1. The lowest BCUT2D eigenvalue weighted by Crippen LogP contribution is -2.30. The van der Waals surface area contributed by atoms with Gasteiger partial charge < -0.3 is 15.0 Å². The molecule has 2 N–H and O–H groups in total. The molecule has 1 amide bonds. The molecule has 1 heterocycles. The zero-order valence-electron chi connectivity index (χ0n) is 12.0. The summed E-state index contributed by atoms with van der Waals surface area (Å²) in [5, 5.41) is 2.68. The quantitative estimate of drug-likeness (QED) is 0.770. The molecule has 0 aliphatic carbocycles. The maximum atomic E-state index is 12.7. The van der Waals surface area contributed by atoms with Gasteiger partial charge >= 0.3 is 0 Å². The third-order valence-electron chi connectivity index (χ3n) is 3.00. The minimum atomic E-state index is -0.403. The molecular formula is C16H17FN2O3. The van der Waals surface area contributed by atoms with E-state index in [1.54, 1.807) is 18.2 Å². The normalized spacial score (nSPS) is 10.2. The summed E-state index contributed by atoms with van der Waals surface area (Å²) in [5.74, 6) is -0.0754. The number of hydrogen-bond acceptors (Lipinski definition) is 3. The number of aromatic amines is 1. The molecule has 0 spiro atoms. The summed E-state index contributed by atoms with van der Waals surface area (Å²) >= 11 is 0. The first-order chi connectivity index (χ1) is 10.7. The number of H-pyrrole nitrogens is 1. The highest BCUT2D eigenvalue weighted by Crippen LogP contribution is 2.11. The van der Waals surface area contributed by atoms with E-state index in [-0.39, 0.29) is 17.3 Å². The third-order valence-corrected chi connectivity index (χ3v) is 3.00. The standard InChI is InChI=1S/C16H17FN2O3/c17-12-5-7-13(8-6-12)22-11-2-1-9-18-15(20)14-4-3-10-19-16(14)21/h3-8,10H,1-2,9,11H2,(H,18,20)(H,19,21). The van der Waals surface area contributed by atoms with Crippen molar-refractivity contribution in [2.24, 2.45) is 0 Å². The Kier molecular flexibility index (Phi) is 5.71. The highest BCUT2D eigenvalue weighted by molar-refractivity contribution is 5.93. The lowest BCUT2D eigenvalue weighted by molar-refractivity contribution is 0.0951. The number of halogens is 1. The van der Waals surface area contributed by atoms with Crippen LogP contribution >= 0.6 is 0 Å². The van der Waals surface area contributed by atoms with E-state index < -0.39 is 5.56 Å². The van der Waals surface area contributed by atoms with E-state index in [9.17, 15) is 14.0 Å². The van der Waals surface area contributed by atoms with Crippen molar-refractivity contribution >= 4 is 5.91 Å². The molecule has 2 rings (SSSR count). The molecule has 0 saturated heterocycles. The SMILES string of the molecule is O=C(NCCCCOc1ccc(F)cc1)c1ccc[nH]c1=O. The summed E-state index contributed by atoms with van der Waals surface area (Å²) in [6.45, 7) is 0.938. The number of nitrogens with one attached hydrogen (secondary N) is 2. The smallest absolute Gasteiger partial charge is 0.260 e. The number of carbonyl (C=O) groups excluding carboxylic acids is 1. The van der Waals surface area contributed by atoms with Gasteiger partial charge in [-0.05, 0) is 49.2 Å². The third kappa shape index (κ3) is 4.73. The molecule has 0 fully saturated rings. The second-order valence-electron chi connectivity index (χ2n) is 4.68. The average Bonchev–Trinajstić information content (AvgIpc) is 2.52. The minimum absolute atomic E-state index is 0.102. The van der Waals surface area contributed by atoms with Gasteiger partial charge in [0, 0.05) is 12.7 Å². The Hall–Kier alpha value is -2.63. The number of pyridine rings is 1. The predicted octanol–water partition coefficient (Wildman–Crippen LogP) is 2.10. The van der Waals surface area contributed by atoms with Gasteiger partial charge in [0.05, 0.1) is 6.61 Å². The Morgan fingerprint density at radius 1 is 1.18 bits per heavy atom. The molecule has 0 saturated carbocycles. The molecule has 116 valence electrons. The molecule has 6 heteroatoms. The molecule has 2 aromatic rings. The van der Waals surface area contributed by atoms with Gasteiger partial charge in [-0.2, -0.15) is 0 Å². The predicted molar refractivity (Wildman–Crippen MR) is 80.5 cm³/mol. The maximum absolute atomic E-state index is 12.7. The van der Waals surface area contributed by atoms with Crippen molar-refractivity contribution in [3.05, 3.63) is 64.3 Å². The first kappa shape index (κ1) is 15.8. The van der Waals surface area contributed by atoms with Crippen LogP contribution in [0.1, 0.15) is 23.2 Å². The Balaban J connectivity index is 1.63. The van der Waals surface area contributed by atoms with Crippen LogP contribution in [0.3, 0.4) is 0 Å². The molecule has 0 radical (unpaired) electrons. The number of aromatic nitrogens is 1. The van der Waals surface area contributed by atoms with Crippen molar-refractivity contribution in [1.29, 1.82) is 0 Å². The highest BCUT2D eigenvalue weighted by Gasteiger charge is 2.08. The van der Waals surface area contributed by atoms with Gasteiger partial charge in [-0.25, -0.2) is 4.39 Å². The molecule has 0 bridgehead atoms. The Morgan fingerprint density at radius 2 is 1.95 bits per heavy atom. The zero-order valence-corrected chi connectivity index (χ0v) is 12.0. The number of carbonyl (C=O) groups is 1. The van der Waals surface area contributed by atoms with E-state index in [1.807, 2.05) is 0 Å². The van der Waals surface area contributed by atoms with Gasteiger partial charge in [-0.1, -0.05) is 0 Å². The Bertz CT molecular complexity index is 668. The number of hydrogen-bond donors (Lipinski definition) is 2. The topological polar surface area (TPSA) is 71.2 Å². The molecule has 0 unspecified atom stereocenters. The van der Waals surface area contributed by atoms with E-state index in [1.165, 1.54) is 24.4 Å². The second-order valence-corrected chi connectivity index (χ2v) is 4.68. The van der Waals surface area contributed by atoms with Gasteiger partial charge in [0.15, 0.2) is 0 Å². The van der Waals surface area contributed by atoms with Crippen LogP contribution in [0, 0.1) is 5.82 Å². The van der Waals surface area contributed by atoms with Crippen LogP contribution in [-0.2, 0) is 0 Å². The molecule has 1 aromatic carbocycles. The fraction of sp³-hybridized carbons (Fsp3) is 0.250. The molecule has 0 aliphatic rings. The van der Waals surface area contributed by atoms with E-state index in [2.05, 4.69) is 10.3 Å². The van der Waals surface area contributed by atoms with Crippen LogP contribution in [0.25, 0.3) is 0 Å². The molecule has 0 atom stereocenters. The van der Waals surface area contributed by atoms with Gasteiger partial charge in [-0.3, -0.25) is 9.59 Å². The van der Waals surface area contributed by atoms with Crippen LogP contribution in [0.5, 0.6) is 5.75 Å². The van der Waals surface area contributed by atoms with Gasteiger partial charge in [0.2, 0.25) is 0 Å². The maximum Gasteiger partial charge on any atom is 0.260 e. The summed E-state index contributed by atoms with van der Waals surface area (Å²) in [5.41, 5.74) is -0.301. The summed E-state index contributed by atoms with van der Waals surface area (Å²) in [6, 6.07) is 8.90. The number of amides is 1. The van der Waals surface area contributed by atoms with Crippen LogP contribution in [0.2, 0.25) is 0 Å². The fourth-order valence-electron chi connectivity index (χ4n) is 1.85. The summed E-state index contributed by atoms with van der Waals surface area (Å²) in [6.07, 6.45) is 2.94. The van der Waals surface area contributed by atoms with Crippen molar-refractivity contribution in [3.8, 4) is 5.75 Å². The highest BCUT2D eigenvalue weighted by atomic mass is 19.1. The summed E-state index contributed by atoms with van der Waals surface area (Å²) in [4.78, 5) is 25.6. The van der Waals surface area contributed by atoms with Crippen LogP contribution in [0.15, 0.2) is 47.4 Å². The monoisotopic (exact) mass is 304 g/mol. The van der Waals surface area contributed by atoms with Crippen molar-refractivity contribution < 1.29 is 13.9 Å². The van der Waals surface area contributed by atoms with Crippen molar-refractivity contribution in [2.45, 2.75) is 12.8 Å². The van der Waals surface area contributed by atoms with E-state index in [0.29, 0.717) is 18.9 Å². The van der Waals surface area contributed by atoms with E-state index >= 15 is 0 Å². The van der Waals surface area contributed by atoms with Crippen LogP contribution in [-0.4, -0.2) is 24.0 Å². The largest absolute Gasteiger partial charge is 0.494 e. The molecule has 1 aromatic heterocycles. The first-order valence-electron chi connectivity index (χ1n) is 7.01. The van der Waals surface area contributed by atoms with Crippen molar-refractivity contribution in [2.75, 3.05) is 13.2 Å². The number of benzene rings is 1. The van der Waals surface area contributed by atoms with Crippen LogP contribution in [0.4, 0.5) is 4.39 Å². The molecule has 0 aliphatic heterocycles. The van der Waals surface area contributed by atoms with E-state index in [4.69, 9.17) is 4.74 Å². The molecule has 22 heavy (non-hydrogen) atoms. The van der Waals surface area contributed by atoms with E-state index in [0.717, 1.165) is 12.8 Å². The lowest BCUT2D eigenvalue weighted by Gasteiger charge is -2.07. The van der Waals surface area contributed by atoms with Gasteiger partial charge in [-0.15, -0.1) is 0 Å². The number of ether oxygens (including phenoxy) is 1. The molecular weight excluding hydrogens is 287 g/mol. The van der Waals surface area contributed by atoms with Gasteiger partial charge in [0.25, 0.3) is 11.5 Å².